The zero-order valence-corrected chi connectivity index (χ0v) is 16.4. The number of nitrogens with zero attached hydrogens (tertiary/aromatic N) is 1. The second kappa shape index (κ2) is 10.5. The van der Waals surface area contributed by atoms with Crippen molar-refractivity contribution in [1.82, 2.24) is 4.98 Å². The highest BCUT2D eigenvalue weighted by molar-refractivity contribution is 9.09. The van der Waals surface area contributed by atoms with Crippen molar-refractivity contribution in [1.29, 1.82) is 0 Å². The predicted octanol–water partition coefficient (Wildman–Crippen LogP) is 5.92. The standard InChI is InChI=1S/C20H28BrNO2/c1-3-4-9-16-14-20(23-2)18-15-17(10-11-19(18)22-16)24-13-8-6-5-7-12-21/h10-11,14-15H,3-9,12-13H2,1-2H3. The second-order valence-electron chi connectivity index (χ2n) is 6.05. The Morgan fingerprint density at radius 2 is 1.88 bits per heavy atom. The van der Waals surface area contributed by atoms with E-state index in [0.717, 1.165) is 59.3 Å². The summed E-state index contributed by atoms with van der Waals surface area (Å²) in [5, 5.41) is 2.11. The van der Waals surface area contributed by atoms with Crippen molar-refractivity contribution in [3.05, 3.63) is 30.0 Å². The minimum absolute atomic E-state index is 0.762. The van der Waals surface area contributed by atoms with Gasteiger partial charge in [-0.05, 0) is 43.9 Å². The zero-order chi connectivity index (χ0) is 17.2. The van der Waals surface area contributed by atoms with Crippen molar-refractivity contribution in [2.24, 2.45) is 0 Å². The molecule has 132 valence electrons. The quantitative estimate of drug-likeness (QED) is 0.350. The number of rotatable bonds is 11. The highest BCUT2D eigenvalue weighted by Crippen LogP contribution is 2.29. The molecule has 0 atom stereocenters. The molecule has 0 unspecified atom stereocenters. The molecule has 24 heavy (non-hydrogen) atoms. The summed E-state index contributed by atoms with van der Waals surface area (Å²) < 4.78 is 11.5. The largest absolute Gasteiger partial charge is 0.496 e. The molecule has 4 heteroatoms. The molecule has 1 aromatic carbocycles. The first-order chi connectivity index (χ1) is 11.8. The number of alkyl halides is 1. The number of aromatic nitrogens is 1. The monoisotopic (exact) mass is 393 g/mol. The fourth-order valence-corrected chi connectivity index (χ4v) is 3.11. The molecule has 0 saturated heterocycles. The molecular weight excluding hydrogens is 366 g/mol. The highest BCUT2D eigenvalue weighted by atomic mass is 79.9. The van der Waals surface area contributed by atoms with Crippen LogP contribution in [0.25, 0.3) is 10.9 Å². The summed E-state index contributed by atoms with van der Waals surface area (Å²) in [5.74, 6) is 1.78. The Kier molecular flexibility index (Phi) is 8.37. The van der Waals surface area contributed by atoms with Crippen LogP contribution < -0.4 is 9.47 Å². The number of methoxy groups -OCH3 is 1. The third-order valence-electron chi connectivity index (χ3n) is 4.10. The lowest BCUT2D eigenvalue weighted by molar-refractivity contribution is 0.305. The SMILES string of the molecule is CCCCc1cc(OC)c2cc(OCCCCCCBr)ccc2n1. The maximum atomic E-state index is 5.89. The molecule has 0 aliphatic heterocycles. The summed E-state index contributed by atoms with van der Waals surface area (Å²) >= 11 is 3.46. The van der Waals surface area contributed by atoms with Crippen molar-refractivity contribution in [2.75, 3.05) is 19.0 Å². The Balaban J connectivity index is 2.03. The summed E-state index contributed by atoms with van der Waals surface area (Å²) in [7, 11) is 1.72. The topological polar surface area (TPSA) is 31.4 Å². The molecule has 0 radical (unpaired) electrons. The number of pyridine rings is 1. The third-order valence-corrected chi connectivity index (χ3v) is 4.66. The number of unbranched alkanes of at least 4 members (excludes halogenated alkanes) is 4. The number of fused-ring (bicyclic) bond motifs is 1. The van der Waals surface area contributed by atoms with Gasteiger partial charge >= 0.3 is 0 Å². The summed E-state index contributed by atoms with van der Waals surface area (Å²) in [4.78, 5) is 4.75. The molecule has 0 saturated carbocycles. The van der Waals surface area contributed by atoms with Crippen LogP contribution in [0.15, 0.2) is 24.3 Å². The Morgan fingerprint density at radius 1 is 1.04 bits per heavy atom. The first-order valence-electron chi connectivity index (χ1n) is 8.95. The first kappa shape index (κ1) is 19.0. The molecule has 1 heterocycles. The third kappa shape index (κ3) is 5.66. The van der Waals surface area contributed by atoms with Crippen LogP contribution in [0.4, 0.5) is 0 Å². The van der Waals surface area contributed by atoms with Crippen LogP contribution in [0.1, 0.15) is 51.1 Å². The van der Waals surface area contributed by atoms with E-state index in [1.165, 1.54) is 25.7 Å². The highest BCUT2D eigenvalue weighted by Gasteiger charge is 2.08. The second-order valence-corrected chi connectivity index (χ2v) is 6.84. The van der Waals surface area contributed by atoms with E-state index in [2.05, 4.69) is 28.9 Å². The van der Waals surface area contributed by atoms with E-state index in [9.17, 15) is 0 Å². The molecule has 2 rings (SSSR count). The van der Waals surface area contributed by atoms with Crippen LogP contribution in [-0.4, -0.2) is 24.0 Å². The van der Waals surface area contributed by atoms with Crippen molar-refractivity contribution in [3.8, 4) is 11.5 Å². The van der Waals surface area contributed by atoms with E-state index in [1.54, 1.807) is 7.11 Å². The smallest absolute Gasteiger partial charge is 0.130 e. The van der Waals surface area contributed by atoms with Gasteiger partial charge in [-0.1, -0.05) is 42.1 Å². The van der Waals surface area contributed by atoms with Gasteiger partial charge < -0.3 is 9.47 Å². The summed E-state index contributed by atoms with van der Waals surface area (Å²) in [6.07, 6.45) is 8.11. The molecule has 0 N–H and O–H groups in total. The van der Waals surface area contributed by atoms with Gasteiger partial charge in [0, 0.05) is 22.5 Å². The van der Waals surface area contributed by atoms with E-state index >= 15 is 0 Å². The van der Waals surface area contributed by atoms with Crippen LogP contribution in [0.3, 0.4) is 0 Å². The van der Waals surface area contributed by atoms with E-state index in [1.807, 2.05) is 18.2 Å². The first-order valence-corrected chi connectivity index (χ1v) is 10.1. The Hall–Kier alpha value is -1.29. The maximum absolute atomic E-state index is 5.89. The van der Waals surface area contributed by atoms with E-state index in [4.69, 9.17) is 14.5 Å². The van der Waals surface area contributed by atoms with Crippen LogP contribution in [0.2, 0.25) is 0 Å². The Morgan fingerprint density at radius 3 is 2.62 bits per heavy atom. The number of hydrogen-bond donors (Lipinski definition) is 0. The molecule has 2 aromatic rings. The van der Waals surface area contributed by atoms with E-state index in [0.29, 0.717) is 0 Å². The van der Waals surface area contributed by atoms with Gasteiger partial charge in [0.2, 0.25) is 0 Å². The maximum Gasteiger partial charge on any atom is 0.130 e. The minimum Gasteiger partial charge on any atom is -0.496 e. The average molecular weight is 394 g/mol. The van der Waals surface area contributed by atoms with Crippen LogP contribution >= 0.6 is 15.9 Å². The minimum atomic E-state index is 0.762. The van der Waals surface area contributed by atoms with Gasteiger partial charge in [-0.15, -0.1) is 0 Å². The van der Waals surface area contributed by atoms with Crippen molar-refractivity contribution >= 4 is 26.8 Å². The lowest BCUT2D eigenvalue weighted by Crippen LogP contribution is -1.99. The summed E-state index contributed by atoms with van der Waals surface area (Å²) in [6.45, 7) is 2.96. The average Bonchev–Trinajstić information content (AvgIpc) is 2.62. The number of benzene rings is 1. The van der Waals surface area contributed by atoms with Gasteiger partial charge in [0.05, 0.1) is 19.2 Å². The van der Waals surface area contributed by atoms with Crippen LogP contribution in [-0.2, 0) is 6.42 Å². The Bertz CT molecular complexity index is 630. The number of aryl methyl sites for hydroxylation is 1. The molecule has 0 aliphatic rings. The lowest BCUT2D eigenvalue weighted by Gasteiger charge is -2.11. The van der Waals surface area contributed by atoms with Crippen molar-refractivity contribution in [2.45, 2.75) is 51.9 Å². The van der Waals surface area contributed by atoms with Crippen molar-refractivity contribution < 1.29 is 9.47 Å². The van der Waals surface area contributed by atoms with Gasteiger partial charge in [0.1, 0.15) is 11.5 Å². The molecule has 3 nitrogen and oxygen atoms in total. The summed E-state index contributed by atoms with van der Waals surface area (Å²) in [6, 6.07) is 8.15. The number of ether oxygens (including phenoxy) is 2. The normalized spacial score (nSPS) is 11.0. The molecular formula is C20H28BrNO2. The summed E-state index contributed by atoms with van der Waals surface area (Å²) in [5.41, 5.74) is 2.08. The molecule has 0 bridgehead atoms. The lowest BCUT2D eigenvalue weighted by atomic mass is 10.1. The van der Waals surface area contributed by atoms with Gasteiger partial charge in [-0.2, -0.15) is 0 Å². The molecule has 0 fully saturated rings. The number of halogens is 1. The fraction of sp³-hybridized carbons (Fsp3) is 0.550. The van der Waals surface area contributed by atoms with Gasteiger partial charge in [-0.3, -0.25) is 4.98 Å². The molecule has 0 spiro atoms. The van der Waals surface area contributed by atoms with Gasteiger partial charge in [0.15, 0.2) is 0 Å². The van der Waals surface area contributed by atoms with E-state index in [-0.39, 0.29) is 0 Å². The molecule has 1 aromatic heterocycles. The van der Waals surface area contributed by atoms with Crippen molar-refractivity contribution in [3.63, 3.8) is 0 Å². The fourth-order valence-electron chi connectivity index (χ4n) is 2.71. The van der Waals surface area contributed by atoms with Crippen LogP contribution in [0, 0.1) is 0 Å². The number of hydrogen-bond acceptors (Lipinski definition) is 3. The van der Waals surface area contributed by atoms with Gasteiger partial charge in [0.25, 0.3) is 0 Å². The van der Waals surface area contributed by atoms with E-state index < -0.39 is 0 Å². The van der Waals surface area contributed by atoms with Gasteiger partial charge in [-0.25, -0.2) is 0 Å². The zero-order valence-electron chi connectivity index (χ0n) is 14.8. The molecule has 0 amide bonds. The Labute approximate surface area is 153 Å². The molecule has 0 aliphatic carbocycles. The van der Waals surface area contributed by atoms with Crippen LogP contribution in [0.5, 0.6) is 11.5 Å². The predicted molar refractivity (Wildman–Crippen MR) is 105 cm³/mol.